The average molecular weight is 311 g/mol. The van der Waals surface area contributed by atoms with Crippen LogP contribution >= 0.6 is 11.6 Å². The molecule has 3 aromatic rings. The van der Waals surface area contributed by atoms with Crippen molar-refractivity contribution in [3.8, 4) is 0 Å². The maximum Gasteiger partial charge on any atom is 0.122 e. The van der Waals surface area contributed by atoms with Gasteiger partial charge in [-0.05, 0) is 23.3 Å². The molecule has 1 unspecified atom stereocenters. The van der Waals surface area contributed by atoms with E-state index >= 15 is 0 Å². The van der Waals surface area contributed by atoms with Crippen LogP contribution in [0.2, 0.25) is 5.02 Å². The lowest BCUT2D eigenvalue weighted by Crippen LogP contribution is -2.30. The van der Waals surface area contributed by atoms with Crippen molar-refractivity contribution in [2.24, 2.45) is 0 Å². The van der Waals surface area contributed by atoms with Crippen LogP contribution in [0.15, 0.2) is 73.3 Å². The van der Waals surface area contributed by atoms with Crippen molar-refractivity contribution in [1.29, 1.82) is 0 Å². The maximum atomic E-state index is 11.4. The van der Waals surface area contributed by atoms with Crippen LogP contribution in [0.25, 0.3) is 0 Å². The Morgan fingerprint density at radius 2 is 1.50 bits per heavy atom. The Morgan fingerprint density at radius 1 is 0.864 bits per heavy atom. The first-order valence-corrected chi connectivity index (χ1v) is 7.34. The van der Waals surface area contributed by atoms with Crippen LogP contribution in [-0.4, -0.2) is 15.1 Å². The van der Waals surface area contributed by atoms with Crippen LogP contribution in [0.4, 0.5) is 0 Å². The van der Waals surface area contributed by atoms with Gasteiger partial charge >= 0.3 is 0 Å². The first kappa shape index (κ1) is 14.7. The normalized spacial score (nSPS) is 13.5. The molecule has 0 amide bonds. The van der Waals surface area contributed by atoms with Crippen molar-refractivity contribution in [2.45, 2.75) is 12.0 Å². The molecular weight excluding hydrogens is 296 g/mol. The highest BCUT2D eigenvalue weighted by molar-refractivity contribution is 6.30. The third-order valence-corrected chi connectivity index (χ3v) is 3.91. The molecule has 0 fully saturated rings. The van der Waals surface area contributed by atoms with Gasteiger partial charge in [0.25, 0.3) is 0 Å². The van der Waals surface area contributed by atoms with Crippen LogP contribution in [0.3, 0.4) is 0 Å². The highest BCUT2D eigenvalue weighted by Gasteiger charge is 2.32. The number of nitrogens with zero attached hydrogens (tertiary/aromatic N) is 2. The first-order chi connectivity index (χ1) is 10.7. The second-order valence-corrected chi connectivity index (χ2v) is 5.59. The summed E-state index contributed by atoms with van der Waals surface area (Å²) in [5.41, 5.74) is 1.27. The molecule has 1 aromatic heterocycles. The van der Waals surface area contributed by atoms with Gasteiger partial charge in [0.1, 0.15) is 11.9 Å². The maximum absolute atomic E-state index is 11.4. The molecule has 0 aliphatic rings. The van der Waals surface area contributed by atoms with Crippen molar-refractivity contribution in [3.05, 3.63) is 95.0 Å². The van der Waals surface area contributed by atoms with E-state index < -0.39 is 5.60 Å². The van der Waals surface area contributed by atoms with Crippen LogP contribution in [-0.2, 0) is 12.0 Å². The number of benzene rings is 2. The second kappa shape index (κ2) is 6.26. The van der Waals surface area contributed by atoms with E-state index in [-0.39, 0.29) is 0 Å². The smallest absolute Gasteiger partial charge is 0.122 e. The largest absolute Gasteiger partial charge is 0.380 e. The SMILES string of the molecule is OC(Cc1ccc(Cl)cc1)(c1ccccc1)c1cncnc1. The summed E-state index contributed by atoms with van der Waals surface area (Å²) in [5.74, 6) is 0. The van der Waals surface area contributed by atoms with E-state index in [0.29, 0.717) is 17.0 Å². The topological polar surface area (TPSA) is 46.0 Å². The second-order valence-electron chi connectivity index (χ2n) is 5.16. The van der Waals surface area contributed by atoms with Crippen LogP contribution in [0, 0.1) is 0 Å². The molecule has 0 aliphatic carbocycles. The van der Waals surface area contributed by atoms with E-state index in [1.807, 2.05) is 54.6 Å². The number of halogens is 1. The van der Waals surface area contributed by atoms with Gasteiger partial charge < -0.3 is 5.11 Å². The lowest BCUT2D eigenvalue weighted by atomic mass is 9.82. The average Bonchev–Trinajstić information content (AvgIpc) is 2.58. The molecule has 1 N–H and O–H groups in total. The fourth-order valence-electron chi connectivity index (χ4n) is 2.49. The predicted octanol–water partition coefficient (Wildman–Crippen LogP) is 3.61. The molecule has 0 aliphatic heterocycles. The minimum Gasteiger partial charge on any atom is -0.380 e. The lowest BCUT2D eigenvalue weighted by Gasteiger charge is -2.29. The van der Waals surface area contributed by atoms with Gasteiger partial charge in [-0.2, -0.15) is 0 Å². The molecular formula is C18H15ClN2O. The van der Waals surface area contributed by atoms with E-state index in [4.69, 9.17) is 11.6 Å². The van der Waals surface area contributed by atoms with Crippen molar-refractivity contribution in [3.63, 3.8) is 0 Å². The minimum absolute atomic E-state index is 0.418. The molecule has 3 nitrogen and oxygen atoms in total. The summed E-state index contributed by atoms with van der Waals surface area (Å²) in [5, 5.41) is 12.0. The molecule has 0 spiro atoms. The van der Waals surface area contributed by atoms with E-state index in [2.05, 4.69) is 9.97 Å². The van der Waals surface area contributed by atoms with E-state index in [0.717, 1.165) is 11.1 Å². The summed E-state index contributed by atoms with van der Waals surface area (Å²) >= 11 is 5.93. The van der Waals surface area contributed by atoms with Gasteiger partial charge in [0, 0.05) is 29.4 Å². The van der Waals surface area contributed by atoms with E-state index in [1.54, 1.807) is 12.4 Å². The third kappa shape index (κ3) is 3.01. The summed E-state index contributed by atoms with van der Waals surface area (Å²) in [7, 11) is 0. The Hall–Kier alpha value is -2.23. The highest BCUT2D eigenvalue weighted by Crippen LogP contribution is 2.32. The zero-order valence-corrected chi connectivity index (χ0v) is 12.6. The van der Waals surface area contributed by atoms with E-state index in [9.17, 15) is 5.11 Å². The van der Waals surface area contributed by atoms with Gasteiger partial charge in [0.05, 0.1) is 0 Å². The Morgan fingerprint density at radius 3 is 2.14 bits per heavy atom. The molecule has 0 bridgehead atoms. The van der Waals surface area contributed by atoms with Crippen LogP contribution < -0.4 is 0 Å². The van der Waals surface area contributed by atoms with Crippen LogP contribution in [0.5, 0.6) is 0 Å². The standard InChI is InChI=1S/C18H15ClN2O/c19-17-8-6-14(7-9-17)10-18(22,15-4-2-1-3-5-15)16-11-20-13-21-12-16/h1-9,11-13,22H,10H2. The zero-order chi connectivity index (χ0) is 15.4. The Bertz CT molecular complexity index is 691. The fourth-order valence-corrected chi connectivity index (χ4v) is 2.62. The van der Waals surface area contributed by atoms with Gasteiger partial charge in [0.15, 0.2) is 0 Å². The quantitative estimate of drug-likeness (QED) is 0.800. The minimum atomic E-state index is -1.18. The number of rotatable bonds is 4. The summed E-state index contributed by atoms with van der Waals surface area (Å²) < 4.78 is 0. The molecule has 110 valence electrons. The van der Waals surface area contributed by atoms with Gasteiger partial charge in [-0.3, -0.25) is 0 Å². The Kier molecular flexibility index (Phi) is 4.18. The van der Waals surface area contributed by atoms with Gasteiger partial charge in [-0.15, -0.1) is 0 Å². The predicted molar refractivity (Wildman–Crippen MR) is 86.6 cm³/mol. The molecule has 0 saturated heterocycles. The monoisotopic (exact) mass is 310 g/mol. The van der Waals surface area contributed by atoms with Crippen molar-refractivity contribution < 1.29 is 5.11 Å². The summed E-state index contributed by atoms with van der Waals surface area (Å²) in [4.78, 5) is 8.08. The fraction of sp³-hybridized carbons (Fsp3) is 0.111. The molecule has 2 aromatic carbocycles. The molecule has 1 atom stereocenters. The summed E-state index contributed by atoms with van der Waals surface area (Å²) in [6.07, 6.45) is 5.17. The first-order valence-electron chi connectivity index (χ1n) is 6.96. The number of hydrogen-bond acceptors (Lipinski definition) is 3. The number of aliphatic hydroxyl groups is 1. The van der Waals surface area contributed by atoms with Crippen molar-refractivity contribution in [2.75, 3.05) is 0 Å². The summed E-state index contributed by atoms with van der Waals surface area (Å²) in [6, 6.07) is 17.0. The molecule has 0 radical (unpaired) electrons. The Labute approximate surface area is 134 Å². The van der Waals surface area contributed by atoms with Gasteiger partial charge in [-0.1, -0.05) is 54.1 Å². The van der Waals surface area contributed by atoms with Gasteiger partial charge in [0.2, 0.25) is 0 Å². The molecule has 3 rings (SSSR count). The van der Waals surface area contributed by atoms with Crippen LogP contribution in [0.1, 0.15) is 16.7 Å². The van der Waals surface area contributed by atoms with Crippen molar-refractivity contribution in [1.82, 2.24) is 9.97 Å². The lowest BCUT2D eigenvalue weighted by molar-refractivity contribution is 0.0803. The molecule has 1 heterocycles. The zero-order valence-electron chi connectivity index (χ0n) is 11.9. The van der Waals surface area contributed by atoms with Crippen molar-refractivity contribution >= 4 is 11.6 Å². The number of hydrogen-bond donors (Lipinski definition) is 1. The summed E-state index contributed by atoms with van der Waals surface area (Å²) in [6.45, 7) is 0. The third-order valence-electron chi connectivity index (χ3n) is 3.66. The molecule has 22 heavy (non-hydrogen) atoms. The highest BCUT2D eigenvalue weighted by atomic mass is 35.5. The Balaban J connectivity index is 2.05. The molecule has 4 heteroatoms. The number of aromatic nitrogens is 2. The molecule has 0 saturated carbocycles. The van der Waals surface area contributed by atoms with Gasteiger partial charge in [-0.25, -0.2) is 9.97 Å². The van der Waals surface area contributed by atoms with E-state index in [1.165, 1.54) is 6.33 Å².